The van der Waals surface area contributed by atoms with Gasteiger partial charge in [-0.25, -0.2) is 26.8 Å². The molecule has 2 N–H and O–H groups in total. The molecule has 4 aromatic rings. The van der Waals surface area contributed by atoms with Crippen LogP contribution in [0.2, 0.25) is 0 Å². The molecule has 4 rings (SSSR count). The van der Waals surface area contributed by atoms with E-state index in [9.17, 15) is 16.8 Å². The van der Waals surface area contributed by atoms with Gasteiger partial charge >= 0.3 is 0 Å². The smallest absolute Gasteiger partial charge is 0.263 e. The minimum absolute atomic E-state index is 0.0302. The fourth-order valence-corrected chi connectivity index (χ4v) is 5.06. The van der Waals surface area contributed by atoms with Gasteiger partial charge < -0.3 is 0 Å². The van der Waals surface area contributed by atoms with Crippen molar-refractivity contribution in [1.29, 1.82) is 0 Å². The van der Waals surface area contributed by atoms with Gasteiger partial charge in [0.1, 0.15) is 11.6 Å². The van der Waals surface area contributed by atoms with E-state index in [0.717, 1.165) is 10.8 Å². The molecule has 0 bridgehead atoms. The standard InChI is InChI=1S/C21H18N4O4S2/c1-15-22-13-12-21(23-15)25-30(26,27)19-10-7-18(8-11-19)24-31(28,29)20-9-6-16-4-2-3-5-17(16)14-20/h2-14,24H,1H3,(H,22,23,25). The van der Waals surface area contributed by atoms with Crippen LogP contribution in [-0.2, 0) is 20.0 Å². The maximum absolute atomic E-state index is 12.7. The van der Waals surface area contributed by atoms with Crippen molar-refractivity contribution in [3.05, 3.63) is 84.8 Å². The molecule has 0 atom stereocenters. The average molecular weight is 455 g/mol. The second-order valence-corrected chi connectivity index (χ2v) is 10.1. The number of hydrogen-bond acceptors (Lipinski definition) is 6. The first-order chi connectivity index (χ1) is 14.7. The van der Waals surface area contributed by atoms with Crippen LogP contribution in [-0.4, -0.2) is 26.8 Å². The van der Waals surface area contributed by atoms with Gasteiger partial charge in [-0.2, -0.15) is 0 Å². The molecule has 0 unspecified atom stereocenters. The van der Waals surface area contributed by atoms with E-state index in [1.807, 2.05) is 24.3 Å². The summed E-state index contributed by atoms with van der Waals surface area (Å²) in [5.74, 6) is 0.576. The Balaban J connectivity index is 1.54. The van der Waals surface area contributed by atoms with Gasteiger partial charge in [-0.05, 0) is 60.2 Å². The fourth-order valence-electron chi connectivity index (χ4n) is 2.96. The number of aryl methyl sites for hydroxylation is 1. The van der Waals surface area contributed by atoms with Crippen molar-refractivity contribution in [3.8, 4) is 0 Å². The summed E-state index contributed by atoms with van der Waals surface area (Å²) in [6.07, 6.45) is 1.45. The molecule has 8 nitrogen and oxygen atoms in total. The number of hydrogen-bond donors (Lipinski definition) is 2. The molecule has 0 radical (unpaired) electrons. The van der Waals surface area contributed by atoms with Crippen LogP contribution in [0.25, 0.3) is 10.8 Å². The van der Waals surface area contributed by atoms with Crippen LogP contribution in [0.4, 0.5) is 11.5 Å². The van der Waals surface area contributed by atoms with E-state index in [4.69, 9.17) is 0 Å². The fraction of sp³-hybridized carbons (Fsp3) is 0.0476. The number of rotatable bonds is 6. The molecule has 31 heavy (non-hydrogen) atoms. The Kier molecular flexibility index (Phi) is 5.34. The third-order valence-electron chi connectivity index (χ3n) is 4.46. The number of nitrogens with one attached hydrogen (secondary N) is 2. The predicted octanol–water partition coefficient (Wildman–Crippen LogP) is 3.54. The molecule has 0 aliphatic carbocycles. The van der Waals surface area contributed by atoms with Crippen LogP contribution in [0, 0.1) is 6.92 Å². The van der Waals surface area contributed by atoms with E-state index in [-0.39, 0.29) is 21.3 Å². The first kappa shape index (κ1) is 20.8. The molecule has 0 spiro atoms. The third-order valence-corrected chi connectivity index (χ3v) is 7.21. The maximum Gasteiger partial charge on any atom is 0.263 e. The molecule has 10 heteroatoms. The highest BCUT2D eigenvalue weighted by molar-refractivity contribution is 7.93. The lowest BCUT2D eigenvalue weighted by Gasteiger charge is -2.11. The van der Waals surface area contributed by atoms with E-state index in [0.29, 0.717) is 5.82 Å². The maximum atomic E-state index is 12.7. The van der Waals surface area contributed by atoms with Crippen molar-refractivity contribution in [2.75, 3.05) is 9.44 Å². The first-order valence-electron chi connectivity index (χ1n) is 9.17. The van der Waals surface area contributed by atoms with Crippen LogP contribution in [0.1, 0.15) is 5.82 Å². The van der Waals surface area contributed by atoms with E-state index in [1.54, 1.807) is 19.1 Å². The molecule has 0 saturated carbocycles. The second-order valence-electron chi connectivity index (χ2n) is 6.73. The summed E-state index contributed by atoms with van der Waals surface area (Å²) in [5, 5.41) is 1.74. The van der Waals surface area contributed by atoms with Crippen LogP contribution in [0.15, 0.2) is 88.8 Å². The van der Waals surface area contributed by atoms with Crippen LogP contribution in [0.3, 0.4) is 0 Å². The molecule has 3 aromatic carbocycles. The predicted molar refractivity (Wildman–Crippen MR) is 119 cm³/mol. The van der Waals surface area contributed by atoms with E-state index in [2.05, 4.69) is 19.4 Å². The molecular weight excluding hydrogens is 436 g/mol. The van der Waals surface area contributed by atoms with Gasteiger partial charge in [0.25, 0.3) is 20.0 Å². The third kappa shape index (κ3) is 4.65. The SMILES string of the molecule is Cc1nccc(NS(=O)(=O)c2ccc(NS(=O)(=O)c3ccc4ccccc4c3)cc2)n1. The quantitative estimate of drug-likeness (QED) is 0.460. The first-order valence-corrected chi connectivity index (χ1v) is 12.1. The molecular formula is C21H18N4O4S2. The van der Waals surface area contributed by atoms with Crippen LogP contribution >= 0.6 is 0 Å². The van der Waals surface area contributed by atoms with E-state index < -0.39 is 20.0 Å². The lowest BCUT2D eigenvalue weighted by Crippen LogP contribution is -2.15. The number of aromatic nitrogens is 2. The van der Waals surface area contributed by atoms with Gasteiger partial charge in [-0.15, -0.1) is 0 Å². The lowest BCUT2D eigenvalue weighted by molar-refractivity contribution is 0.600. The van der Waals surface area contributed by atoms with Gasteiger partial charge in [-0.1, -0.05) is 30.3 Å². The highest BCUT2D eigenvalue weighted by Gasteiger charge is 2.17. The summed E-state index contributed by atoms with van der Waals surface area (Å²) < 4.78 is 55.4. The summed E-state index contributed by atoms with van der Waals surface area (Å²) in [4.78, 5) is 8.02. The molecule has 0 saturated heterocycles. The van der Waals surface area contributed by atoms with E-state index in [1.165, 1.54) is 42.6 Å². The van der Waals surface area contributed by atoms with Crippen molar-refractivity contribution in [3.63, 3.8) is 0 Å². The number of benzene rings is 3. The van der Waals surface area contributed by atoms with E-state index >= 15 is 0 Å². The topological polar surface area (TPSA) is 118 Å². The molecule has 1 aromatic heterocycles. The van der Waals surface area contributed by atoms with Crippen molar-refractivity contribution < 1.29 is 16.8 Å². The summed E-state index contributed by atoms with van der Waals surface area (Å²) in [6, 6.07) is 19.1. The zero-order valence-corrected chi connectivity index (χ0v) is 18.0. The molecule has 1 heterocycles. The Morgan fingerprint density at radius 3 is 2.06 bits per heavy atom. The second kappa shape index (κ2) is 7.97. The molecule has 158 valence electrons. The summed E-state index contributed by atoms with van der Waals surface area (Å²) in [5.41, 5.74) is 0.241. The number of fused-ring (bicyclic) bond motifs is 1. The van der Waals surface area contributed by atoms with Crippen molar-refractivity contribution >= 4 is 42.3 Å². The zero-order valence-electron chi connectivity index (χ0n) is 16.3. The highest BCUT2D eigenvalue weighted by Crippen LogP contribution is 2.23. The van der Waals surface area contributed by atoms with Gasteiger partial charge in [0, 0.05) is 11.9 Å². The highest BCUT2D eigenvalue weighted by atomic mass is 32.2. The minimum Gasteiger partial charge on any atom is -0.280 e. The van der Waals surface area contributed by atoms with Gasteiger partial charge in [-0.3, -0.25) is 9.44 Å². The number of sulfonamides is 2. The lowest BCUT2D eigenvalue weighted by atomic mass is 10.1. The summed E-state index contributed by atoms with van der Waals surface area (Å²) >= 11 is 0. The zero-order chi connectivity index (χ0) is 22.1. The largest absolute Gasteiger partial charge is 0.280 e. The van der Waals surface area contributed by atoms with Crippen LogP contribution in [0.5, 0.6) is 0 Å². The monoisotopic (exact) mass is 454 g/mol. The Labute approximate surface area is 180 Å². The Hall–Kier alpha value is -3.50. The summed E-state index contributed by atoms with van der Waals surface area (Å²) in [7, 11) is -7.72. The molecule has 0 fully saturated rings. The van der Waals surface area contributed by atoms with Crippen molar-refractivity contribution in [2.24, 2.45) is 0 Å². The minimum atomic E-state index is -3.88. The van der Waals surface area contributed by atoms with Gasteiger partial charge in [0.15, 0.2) is 0 Å². The molecule has 0 aliphatic heterocycles. The van der Waals surface area contributed by atoms with Crippen molar-refractivity contribution in [1.82, 2.24) is 9.97 Å². The van der Waals surface area contributed by atoms with Gasteiger partial charge in [0.2, 0.25) is 0 Å². The van der Waals surface area contributed by atoms with Crippen molar-refractivity contribution in [2.45, 2.75) is 16.7 Å². The molecule has 0 aliphatic rings. The molecule has 0 amide bonds. The normalized spacial score (nSPS) is 11.9. The Morgan fingerprint density at radius 2 is 1.35 bits per heavy atom. The summed E-state index contributed by atoms with van der Waals surface area (Å²) in [6.45, 7) is 1.65. The average Bonchev–Trinajstić information content (AvgIpc) is 2.73. The number of nitrogens with zero attached hydrogens (tertiary/aromatic N) is 2. The van der Waals surface area contributed by atoms with Crippen LogP contribution < -0.4 is 9.44 Å². The Morgan fingerprint density at radius 1 is 0.710 bits per heavy atom. The number of anilines is 2. The van der Waals surface area contributed by atoms with Gasteiger partial charge in [0.05, 0.1) is 9.79 Å². The Bertz CT molecular complexity index is 1470.